The molecule has 6 nitrogen and oxygen atoms in total. The van der Waals surface area contributed by atoms with Gasteiger partial charge in [-0.3, -0.25) is 4.79 Å². The fourth-order valence-corrected chi connectivity index (χ4v) is 0.704. The summed E-state index contributed by atoms with van der Waals surface area (Å²) in [6.45, 7) is 4.70. The average molecular weight is 218 g/mol. The van der Waals surface area contributed by atoms with Crippen LogP contribution in [-0.4, -0.2) is 36.7 Å². The third kappa shape index (κ3) is 6.87. The predicted octanol–water partition coefficient (Wildman–Crippen LogP) is -0.843. The Morgan fingerprint density at radius 3 is 2.27 bits per heavy atom. The molecule has 0 aromatic carbocycles. The summed E-state index contributed by atoms with van der Waals surface area (Å²) in [4.78, 5) is 22.1. The van der Waals surface area contributed by atoms with Crippen LogP contribution in [0.3, 0.4) is 0 Å². The van der Waals surface area contributed by atoms with Crippen LogP contribution in [0.25, 0.3) is 0 Å². The van der Waals surface area contributed by atoms with Crippen molar-refractivity contribution in [3.05, 3.63) is 0 Å². The van der Waals surface area contributed by atoms with Crippen molar-refractivity contribution in [3.8, 4) is 0 Å². The smallest absolute Gasteiger partial charge is 0.344 e. The Kier molecular flexibility index (Phi) is 5.24. The summed E-state index contributed by atoms with van der Waals surface area (Å²) in [7, 11) is 0. The maximum absolute atomic E-state index is 11.1. The standard InChI is InChI=1S/C9H18N2O4/c1-9(2,3)15-7(12)5-14-8(13)6(11)4-10/h6H,4-5,10-11H2,1-3H3. The highest BCUT2D eigenvalue weighted by atomic mass is 16.6. The number of carbonyl (C=O) groups is 2. The van der Waals surface area contributed by atoms with Crippen LogP contribution in [0.4, 0.5) is 0 Å². The van der Waals surface area contributed by atoms with Gasteiger partial charge in [0.15, 0.2) is 6.61 Å². The minimum Gasteiger partial charge on any atom is -0.457 e. The van der Waals surface area contributed by atoms with E-state index in [9.17, 15) is 9.59 Å². The lowest BCUT2D eigenvalue weighted by molar-refractivity contribution is -0.166. The zero-order valence-corrected chi connectivity index (χ0v) is 9.28. The summed E-state index contributed by atoms with van der Waals surface area (Å²) in [6.07, 6.45) is 0. The molecule has 0 amide bonds. The Morgan fingerprint density at radius 1 is 1.33 bits per heavy atom. The van der Waals surface area contributed by atoms with Crippen LogP contribution in [0.5, 0.6) is 0 Å². The molecular weight excluding hydrogens is 200 g/mol. The monoisotopic (exact) mass is 218 g/mol. The quantitative estimate of drug-likeness (QED) is 0.596. The van der Waals surface area contributed by atoms with E-state index in [0.717, 1.165) is 0 Å². The van der Waals surface area contributed by atoms with Gasteiger partial charge in [-0.15, -0.1) is 0 Å². The first-order chi connectivity index (χ1) is 6.76. The zero-order valence-electron chi connectivity index (χ0n) is 9.28. The molecule has 0 radical (unpaired) electrons. The van der Waals surface area contributed by atoms with Crippen molar-refractivity contribution in [3.63, 3.8) is 0 Å². The van der Waals surface area contributed by atoms with Gasteiger partial charge in [0.1, 0.15) is 11.6 Å². The molecule has 88 valence electrons. The summed E-state index contributed by atoms with van der Waals surface area (Å²) in [5.74, 6) is -1.32. The lowest BCUT2D eigenvalue weighted by Gasteiger charge is -2.19. The van der Waals surface area contributed by atoms with Crippen molar-refractivity contribution in [2.24, 2.45) is 11.5 Å². The first kappa shape index (κ1) is 13.9. The van der Waals surface area contributed by atoms with Crippen LogP contribution in [0, 0.1) is 0 Å². The number of carbonyl (C=O) groups excluding carboxylic acids is 2. The van der Waals surface area contributed by atoms with E-state index in [-0.39, 0.29) is 6.54 Å². The van der Waals surface area contributed by atoms with Gasteiger partial charge in [-0.25, -0.2) is 4.79 Å². The van der Waals surface area contributed by atoms with Crippen LogP contribution in [0.2, 0.25) is 0 Å². The second-order valence-corrected chi connectivity index (χ2v) is 4.04. The first-order valence-corrected chi connectivity index (χ1v) is 4.60. The fraction of sp³-hybridized carbons (Fsp3) is 0.778. The number of nitrogens with two attached hydrogens (primary N) is 2. The van der Waals surface area contributed by atoms with E-state index in [1.54, 1.807) is 20.8 Å². The molecule has 15 heavy (non-hydrogen) atoms. The van der Waals surface area contributed by atoms with Crippen LogP contribution in [0.15, 0.2) is 0 Å². The normalized spacial score (nSPS) is 13.1. The number of hydrogen-bond acceptors (Lipinski definition) is 6. The molecule has 0 aliphatic heterocycles. The van der Waals surface area contributed by atoms with Crippen molar-refractivity contribution in [2.45, 2.75) is 32.4 Å². The van der Waals surface area contributed by atoms with Crippen molar-refractivity contribution in [1.82, 2.24) is 0 Å². The Labute approximate surface area is 88.9 Å². The predicted molar refractivity (Wildman–Crippen MR) is 53.8 cm³/mol. The summed E-state index contributed by atoms with van der Waals surface area (Å²) < 4.78 is 9.50. The molecule has 0 aliphatic rings. The number of esters is 2. The highest BCUT2D eigenvalue weighted by Gasteiger charge is 2.19. The van der Waals surface area contributed by atoms with Crippen molar-refractivity contribution in [1.29, 1.82) is 0 Å². The van der Waals surface area contributed by atoms with Crippen LogP contribution < -0.4 is 11.5 Å². The van der Waals surface area contributed by atoms with Gasteiger partial charge in [0.05, 0.1) is 0 Å². The van der Waals surface area contributed by atoms with E-state index in [0.29, 0.717) is 0 Å². The van der Waals surface area contributed by atoms with Crippen molar-refractivity contribution in [2.75, 3.05) is 13.2 Å². The third-order valence-corrected chi connectivity index (χ3v) is 1.31. The molecule has 0 saturated carbocycles. The van der Waals surface area contributed by atoms with E-state index in [4.69, 9.17) is 16.2 Å². The van der Waals surface area contributed by atoms with Gasteiger partial charge in [0.2, 0.25) is 0 Å². The molecule has 1 atom stereocenters. The molecule has 0 fully saturated rings. The Morgan fingerprint density at radius 2 is 1.87 bits per heavy atom. The Balaban J connectivity index is 3.87. The maximum Gasteiger partial charge on any atom is 0.344 e. The fourth-order valence-electron chi connectivity index (χ4n) is 0.704. The van der Waals surface area contributed by atoms with Gasteiger partial charge in [0.25, 0.3) is 0 Å². The minimum absolute atomic E-state index is 0.0207. The number of hydrogen-bond donors (Lipinski definition) is 2. The van der Waals surface area contributed by atoms with Gasteiger partial charge in [-0.1, -0.05) is 0 Å². The molecule has 0 heterocycles. The van der Waals surface area contributed by atoms with Gasteiger partial charge in [-0.2, -0.15) is 0 Å². The lowest BCUT2D eigenvalue weighted by atomic mass is 10.2. The van der Waals surface area contributed by atoms with E-state index in [1.807, 2.05) is 0 Å². The highest BCUT2D eigenvalue weighted by molar-refractivity contribution is 5.79. The largest absolute Gasteiger partial charge is 0.457 e. The van der Waals surface area contributed by atoms with Crippen molar-refractivity contribution < 1.29 is 19.1 Å². The summed E-state index contributed by atoms with van der Waals surface area (Å²) in [5, 5.41) is 0. The van der Waals surface area contributed by atoms with Crippen molar-refractivity contribution >= 4 is 11.9 Å². The third-order valence-electron chi connectivity index (χ3n) is 1.31. The second kappa shape index (κ2) is 5.67. The summed E-state index contributed by atoms with van der Waals surface area (Å²) in [5.41, 5.74) is 9.82. The summed E-state index contributed by atoms with van der Waals surface area (Å²) in [6, 6.07) is -0.896. The average Bonchev–Trinajstić information content (AvgIpc) is 2.10. The van der Waals surface area contributed by atoms with E-state index >= 15 is 0 Å². The molecule has 0 rings (SSSR count). The molecule has 6 heteroatoms. The molecule has 0 spiro atoms. The molecule has 0 aliphatic carbocycles. The molecule has 4 N–H and O–H groups in total. The van der Waals surface area contributed by atoms with Crippen LogP contribution in [0.1, 0.15) is 20.8 Å². The molecule has 0 saturated heterocycles. The van der Waals surface area contributed by atoms with Gasteiger partial charge in [0, 0.05) is 6.54 Å². The molecular formula is C9H18N2O4. The SMILES string of the molecule is CC(C)(C)OC(=O)COC(=O)C(N)CN. The topological polar surface area (TPSA) is 105 Å². The molecule has 0 aromatic heterocycles. The first-order valence-electron chi connectivity index (χ1n) is 4.60. The number of rotatable bonds is 4. The van der Waals surface area contributed by atoms with Gasteiger partial charge >= 0.3 is 11.9 Å². The Hall–Kier alpha value is -1.14. The molecule has 0 bridgehead atoms. The second-order valence-electron chi connectivity index (χ2n) is 4.04. The molecule has 0 aromatic rings. The van der Waals surface area contributed by atoms with E-state index < -0.39 is 30.2 Å². The molecule has 1 unspecified atom stereocenters. The highest BCUT2D eigenvalue weighted by Crippen LogP contribution is 2.06. The zero-order chi connectivity index (χ0) is 12.1. The Bertz CT molecular complexity index is 235. The summed E-state index contributed by atoms with van der Waals surface area (Å²) >= 11 is 0. The van der Waals surface area contributed by atoms with Crippen LogP contribution >= 0.6 is 0 Å². The van der Waals surface area contributed by atoms with E-state index in [2.05, 4.69) is 4.74 Å². The van der Waals surface area contributed by atoms with Gasteiger partial charge in [-0.05, 0) is 20.8 Å². The van der Waals surface area contributed by atoms with Crippen LogP contribution in [-0.2, 0) is 19.1 Å². The minimum atomic E-state index is -0.896. The number of ether oxygens (including phenoxy) is 2. The maximum atomic E-state index is 11.1. The van der Waals surface area contributed by atoms with Gasteiger partial charge < -0.3 is 20.9 Å². The van der Waals surface area contributed by atoms with E-state index in [1.165, 1.54) is 0 Å². The lowest BCUT2D eigenvalue weighted by Crippen LogP contribution is -2.40.